The number of amides is 3. The first-order valence-corrected chi connectivity index (χ1v) is 13.8. The molecule has 220 valence electrons. The van der Waals surface area contributed by atoms with E-state index in [-0.39, 0.29) is 49.4 Å². The molecule has 0 bridgehead atoms. The molecule has 5 rings (SSSR count). The number of methoxy groups -OCH3 is 2. The quantitative estimate of drug-likeness (QED) is 0.415. The van der Waals surface area contributed by atoms with Crippen LogP contribution in [0.3, 0.4) is 0 Å². The molecular formula is C31H35N5O6. The van der Waals surface area contributed by atoms with Gasteiger partial charge in [0, 0.05) is 38.8 Å². The molecule has 42 heavy (non-hydrogen) atoms. The fourth-order valence-corrected chi connectivity index (χ4v) is 5.78. The molecule has 2 atom stereocenters. The van der Waals surface area contributed by atoms with E-state index in [0.717, 1.165) is 16.7 Å². The number of carbonyl (C=O) groups is 3. The molecule has 3 amide bonds. The molecule has 3 aromatic rings. The Hall–Kier alpha value is -4.64. The van der Waals surface area contributed by atoms with Crippen LogP contribution in [0.5, 0.6) is 17.2 Å². The number of pyridine rings is 1. The first-order chi connectivity index (χ1) is 20.3. The molecule has 2 aromatic carbocycles. The number of para-hydroxylation sites is 1. The topological polar surface area (TPSA) is 116 Å². The first-order valence-electron chi connectivity index (χ1n) is 13.8. The fourth-order valence-electron chi connectivity index (χ4n) is 5.78. The van der Waals surface area contributed by atoms with E-state index >= 15 is 0 Å². The molecule has 1 N–H and O–H groups in total. The van der Waals surface area contributed by atoms with Gasteiger partial charge in [0.1, 0.15) is 18.0 Å². The third-order valence-electron chi connectivity index (χ3n) is 7.78. The Bertz CT molecular complexity index is 1430. The summed E-state index contributed by atoms with van der Waals surface area (Å²) in [6, 6.07) is 15.0. The van der Waals surface area contributed by atoms with E-state index in [1.807, 2.05) is 24.3 Å². The number of piperazine rings is 1. The lowest BCUT2D eigenvalue weighted by molar-refractivity contribution is -0.202. The zero-order valence-corrected chi connectivity index (χ0v) is 24.0. The van der Waals surface area contributed by atoms with Crippen LogP contribution in [-0.4, -0.2) is 94.2 Å². The predicted octanol–water partition coefficient (Wildman–Crippen LogP) is 2.23. The number of aryl methyl sites for hydroxylation is 1. The number of likely N-dealkylation sites (N-methyl/N-ethyl adjacent to an activating group) is 1. The number of aromatic hydroxyl groups is 1. The summed E-state index contributed by atoms with van der Waals surface area (Å²) in [5.74, 6) is 0.697. The summed E-state index contributed by atoms with van der Waals surface area (Å²) in [4.78, 5) is 48.7. The summed E-state index contributed by atoms with van der Waals surface area (Å²) in [6.45, 7) is 0.449. The highest BCUT2D eigenvalue weighted by atomic mass is 16.5. The summed E-state index contributed by atoms with van der Waals surface area (Å²) in [7, 11) is 4.85. The second-order valence-electron chi connectivity index (χ2n) is 10.4. The number of phenols is 1. The van der Waals surface area contributed by atoms with E-state index in [9.17, 15) is 19.5 Å². The molecule has 3 heterocycles. The van der Waals surface area contributed by atoms with Crippen LogP contribution in [0.25, 0.3) is 0 Å². The van der Waals surface area contributed by atoms with Gasteiger partial charge in [0.15, 0.2) is 11.5 Å². The van der Waals surface area contributed by atoms with E-state index in [0.29, 0.717) is 24.5 Å². The standard InChI is InChI=1S/C31H35N5O6/c1-33-20-29(39)35-25(17-21-7-10-24(37)11-8-21)31(40)34(18-22-13-15-32-16-14-22)19-27(35)36(33)28(38)12-9-23-5-4-6-26(41-2)30(23)42-3/h4-8,10-11,13-16,25,27,37H,9,12,17-20H2,1-3H3/t25-,27?/m0/s1. The van der Waals surface area contributed by atoms with Crippen LogP contribution >= 0.6 is 0 Å². The molecule has 11 nitrogen and oxygen atoms in total. The van der Waals surface area contributed by atoms with Gasteiger partial charge in [0.2, 0.25) is 17.7 Å². The lowest BCUT2D eigenvalue weighted by Gasteiger charge is -2.54. The van der Waals surface area contributed by atoms with Gasteiger partial charge in [-0.05, 0) is 53.4 Å². The summed E-state index contributed by atoms with van der Waals surface area (Å²) in [6.07, 6.45) is 3.47. The van der Waals surface area contributed by atoms with Gasteiger partial charge < -0.3 is 24.4 Å². The number of benzene rings is 2. The molecule has 1 unspecified atom stereocenters. The lowest BCUT2D eigenvalue weighted by Crippen LogP contribution is -2.75. The second kappa shape index (κ2) is 12.5. The molecular weight excluding hydrogens is 538 g/mol. The minimum atomic E-state index is -0.815. The zero-order valence-electron chi connectivity index (χ0n) is 24.0. The van der Waals surface area contributed by atoms with Crippen molar-refractivity contribution in [2.75, 3.05) is 34.4 Å². The average molecular weight is 574 g/mol. The highest BCUT2D eigenvalue weighted by Crippen LogP contribution is 2.33. The van der Waals surface area contributed by atoms with Crippen LogP contribution in [0, 0.1) is 0 Å². The molecule has 2 aliphatic rings. The Morgan fingerprint density at radius 3 is 2.43 bits per heavy atom. The van der Waals surface area contributed by atoms with Gasteiger partial charge in [0.05, 0.1) is 27.3 Å². The highest BCUT2D eigenvalue weighted by molar-refractivity contribution is 5.92. The number of hydrogen-bond acceptors (Lipinski definition) is 8. The van der Waals surface area contributed by atoms with E-state index in [1.165, 1.54) is 0 Å². The minimum absolute atomic E-state index is 0.0333. The van der Waals surface area contributed by atoms with E-state index in [2.05, 4.69) is 4.98 Å². The van der Waals surface area contributed by atoms with Crippen molar-refractivity contribution in [3.05, 3.63) is 83.7 Å². The van der Waals surface area contributed by atoms with Crippen molar-refractivity contribution in [2.45, 2.75) is 38.0 Å². The Kier molecular flexibility index (Phi) is 8.58. The molecule has 11 heteroatoms. The summed E-state index contributed by atoms with van der Waals surface area (Å²) >= 11 is 0. The van der Waals surface area contributed by atoms with Gasteiger partial charge in [-0.3, -0.25) is 24.4 Å². The van der Waals surface area contributed by atoms with Gasteiger partial charge in [-0.2, -0.15) is 0 Å². The van der Waals surface area contributed by atoms with Crippen molar-refractivity contribution < 1.29 is 29.0 Å². The number of carbonyl (C=O) groups excluding carboxylic acids is 3. The smallest absolute Gasteiger partial charge is 0.246 e. The van der Waals surface area contributed by atoms with Crippen molar-refractivity contribution in [1.29, 1.82) is 0 Å². The first kappa shape index (κ1) is 28.9. The number of ether oxygens (including phenoxy) is 2. The summed E-state index contributed by atoms with van der Waals surface area (Å²) in [5, 5.41) is 13.0. The van der Waals surface area contributed by atoms with E-state index in [4.69, 9.17) is 9.47 Å². The van der Waals surface area contributed by atoms with Crippen molar-refractivity contribution in [3.8, 4) is 17.2 Å². The molecule has 0 radical (unpaired) electrons. The number of hydrogen-bond donors (Lipinski definition) is 1. The molecule has 0 saturated carbocycles. The molecule has 1 aromatic heterocycles. The zero-order chi connectivity index (χ0) is 29.8. The Labute approximate surface area is 244 Å². The van der Waals surface area contributed by atoms with Crippen LogP contribution in [0.2, 0.25) is 0 Å². The predicted molar refractivity (Wildman–Crippen MR) is 153 cm³/mol. The van der Waals surface area contributed by atoms with Crippen LogP contribution < -0.4 is 9.47 Å². The Morgan fingerprint density at radius 1 is 1.00 bits per heavy atom. The van der Waals surface area contributed by atoms with E-state index in [1.54, 1.807) is 83.8 Å². The summed E-state index contributed by atoms with van der Waals surface area (Å²) < 4.78 is 11.0. The number of fused-ring (bicyclic) bond motifs is 1. The molecule has 2 saturated heterocycles. The third-order valence-corrected chi connectivity index (χ3v) is 7.78. The van der Waals surface area contributed by atoms with Gasteiger partial charge in [0.25, 0.3) is 0 Å². The van der Waals surface area contributed by atoms with Gasteiger partial charge in [-0.25, -0.2) is 5.01 Å². The number of phenolic OH excluding ortho intramolecular Hbond substituents is 1. The Balaban J connectivity index is 1.44. The van der Waals surface area contributed by atoms with Crippen LogP contribution in [0.4, 0.5) is 0 Å². The lowest BCUT2D eigenvalue weighted by atomic mass is 9.98. The largest absolute Gasteiger partial charge is 0.508 e. The van der Waals surface area contributed by atoms with Gasteiger partial charge in [-0.1, -0.05) is 24.3 Å². The maximum atomic E-state index is 13.9. The molecule has 0 aliphatic carbocycles. The molecule has 0 spiro atoms. The monoisotopic (exact) mass is 573 g/mol. The fraction of sp³-hybridized carbons (Fsp3) is 0.355. The van der Waals surface area contributed by atoms with Crippen molar-refractivity contribution >= 4 is 17.7 Å². The maximum Gasteiger partial charge on any atom is 0.246 e. The average Bonchev–Trinajstić information content (AvgIpc) is 2.99. The van der Waals surface area contributed by atoms with Gasteiger partial charge in [-0.15, -0.1) is 0 Å². The Morgan fingerprint density at radius 2 is 1.74 bits per heavy atom. The van der Waals surface area contributed by atoms with Gasteiger partial charge >= 0.3 is 0 Å². The number of nitrogens with zero attached hydrogens (tertiary/aromatic N) is 5. The second-order valence-corrected chi connectivity index (χ2v) is 10.4. The van der Waals surface area contributed by atoms with Crippen molar-refractivity contribution in [2.24, 2.45) is 0 Å². The van der Waals surface area contributed by atoms with Crippen LogP contribution in [0.15, 0.2) is 67.0 Å². The van der Waals surface area contributed by atoms with Crippen molar-refractivity contribution in [1.82, 2.24) is 24.8 Å². The van der Waals surface area contributed by atoms with E-state index < -0.39 is 12.2 Å². The minimum Gasteiger partial charge on any atom is -0.508 e. The third kappa shape index (κ3) is 5.87. The number of aromatic nitrogens is 1. The molecule has 2 fully saturated rings. The highest BCUT2D eigenvalue weighted by Gasteiger charge is 2.50. The summed E-state index contributed by atoms with van der Waals surface area (Å²) in [5.41, 5.74) is 2.53. The maximum absolute atomic E-state index is 13.9. The normalized spacial score (nSPS) is 19.1. The number of rotatable bonds is 9. The SMILES string of the molecule is COc1cccc(CCC(=O)N2C3CN(Cc4ccncc4)C(=O)[C@H](Cc4ccc(O)cc4)N3C(=O)CN2C)c1OC. The molecule has 2 aliphatic heterocycles. The van der Waals surface area contributed by atoms with Crippen molar-refractivity contribution in [3.63, 3.8) is 0 Å². The van der Waals surface area contributed by atoms with Crippen LogP contribution in [0.1, 0.15) is 23.1 Å². The number of hydrazine groups is 1. The van der Waals surface area contributed by atoms with Crippen LogP contribution in [-0.2, 0) is 33.8 Å².